The van der Waals surface area contributed by atoms with Crippen LogP contribution in [0.3, 0.4) is 0 Å². The molecule has 2 aromatic carbocycles. The molecule has 0 aliphatic rings. The number of carboxylic acid groups (broad SMARTS) is 1. The van der Waals surface area contributed by atoms with Crippen LogP contribution in [0.15, 0.2) is 30.3 Å². The average Bonchev–Trinajstić information content (AvgIpc) is 2.51. The molecule has 2 aromatic rings. The first kappa shape index (κ1) is 18.1. The van der Waals surface area contributed by atoms with Crippen LogP contribution in [0.4, 0.5) is 0 Å². The second-order valence-electron chi connectivity index (χ2n) is 5.81. The van der Waals surface area contributed by atoms with Crippen molar-refractivity contribution in [2.45, 2.75) is 33.3 Å². The molecule has 24 heavy (non-hydrogen) atoms. The van der Waals surface area contributed by atoms with E-state index in [1.807, 2.05) is 32.9 Å². The Morgan fingerprint density at radius 3 is 2.50 bits per heavy atom. The van der Waals surface area contributed by atoms with E-state index in [0.717, 1.165) is 16.7 Å². The molecule has 128 valence electrons. The Labute approximate surface area is 147 Å². The molecule has 0 unspecified atom stereocenters. The molecule has 0 aliphatic heterocycles. The maximum absolute atomic E-state index is 11.7. The highest BCUT2D eigenvalue weighted by atomic mass is 35.5. The van der Waals surface area contributed by atoms with Gasteiger partial charge in [-0.15, -0.1) is 0 Å². The van der Waals surface area contributed by atoms with Gasteiger partial charge in [-0.05, 0) is 67.3 Å². The minimum Gasteiger partial charge on any atom is -0.496 e. The van der Waals surface area contributed by atoms with Gasteiger partial charge in [0.2, 0.25) is 0 Å². The molecule has 1 atom stereocenters. The molecular formula is C19H21ClO4. The van der Waals surface area contributed by atoms with Crippen molar-refractivity contribution in [3.05, 3.63) is 57.6 Å². The predicted octanol–water partition coefficient (Wildman–Crippen LogP) is 4.35. The largest absolute Gasteiger partial charge is 0.496 e. The number of halogens is 1. The number of methoxy groups -OCH3 is 1. The van der Waals surface area contributed by atoms with E-state index in [1.165, 1.54) is 7.11 Å². The van der Waals surface area contributed by atoms with Crippen molar-refractivity contribution < 1.29 is 19.4 Å². The van der Waals surface area contributed by atoms with Crippen LogP contribution < -0.4 is 9.47 Å². The second-order valence-corrected chi connectivity index (χ2v) is 6.25. The molecule has 1 N–H and O–H groups in total. The third-order valence-electron chi connectivity index (χ3n) is 3.96. The number of carbonyl (C=O) groups is 1. The fraction of sp³-hybridized carbons (Fsp3) is 0.316. The van der Waals surface area contributed by atoms with Crippen LogP contribution in [-0.2, 0) is 11.2 Å². The highest BCUT2D eigenvalue weighted by Gasteiger charge is 2.23. The maximum Gasteiger partial charge on any atom is 0.345 e. The molecule has 0 saturated heterocycles. The topological polar surface area (TPSA) is 55.8 Å². The SMILES string of the molecule is COc1ccc(Cl)cc1C[C@H](Oc1cc(C)cc(C)c1C)C(=O)O. The first-order chi connectivity index (χ1) is 11.3. The first-order valence-corrected chi connectivity index (χ1v) is 7.99. The summed E-state index contributed by atoms with van der Waals surface area (Å²) in [5.41, 5.74) is 3.72. The Balaban J connectivity index is 2.32. The fourth-order valence-corrected chi connectivity index (χ4v) is 2.76. The van der Waals surface area contributed by atoms with Gasteiger partial charge < -0.3 is 14.6 Å². The molecule has 4 nitrogen and oxygen atoms in total. The Kier molecular flexibility index (Phi) is 5.73. The molecule has 0 aliphatic carbocycles. The van der Waals surface area contributed by atoms with Crippen molar-refractivity contribution in [3.8, 4) is 11.5 Å². The number of benzene rings is 2. The van der Waals surface area contributed by atoms with Crippen LogP contribution in [0.2, 0.25) is 5.02 Å². The van der Waals surface area contributed by atoms with Crippen LogP contribution in [0.5, 0.6) is 11.5 Å². The van der Waals surface area contributed by atoms with E-state index >= 15 is 0 Å². The zero-order chi connectivity index (χ0) is 17.9. The summed E-state index contributed by atoms with van der Waals surface area (Å²) in [6.45, 7) is 5.85. The van der Waals surface area contributed by atoms with Gasteiger partial charge in [-0.2, -0.15) is 0 Å². The first-order valence-electron chi connectivity index (χ1n) is 7.61. The normalized spacial score (nSPS) is 11.9. The smallest absolute Gasteiger partial charge is 0.345 e. The Hall–Kier alpha value is -2.20. The average molecular weight is 349 g/mol. The fourth-order valence-electron chi connectivity index (χ4n) is 2.56. The number of rotatable bonds is 6. The lowest BCUT2D eigenvalue weighted by Gasteiger charge is -2.19. The zero-order valence-electron chi connectivity index (χ0n) is 14.2. The molecule has 0 radical (unpaired) electrons. The van der Waals surface area contributed by atoms with Crippen molar-refractivity contribution in [1.29, 1.82) is 0 Å². The van der Waals surface area contributed by atoms with E-state index in [4.69, 9.17) is 21.1 Å². The molecule has 0 aromatic heterocycles. The van der Waals surface area contributed by atoms with Gasteiger partial charge in [0.25, 0.3) is 0 Å². The quantitative estimate of drug-likeness (QED) is 0.843. The van der Waals surface area contributed by atoms with Crippen molar-refractivity contribution >= 4 is 17.6 Å². The number of carboxylic acids is 1. The van der Waals surface area contributed by atoms with E-state index in [1.54, 1.807) is 18.2 Å². The molecule has 0 saturated carbocycles. The number of aliphatic carboxylic acids is 1. The van der Waals surface area contributed by atoms with Crippen molar-refractivity contribution in [2.24, 2.45) is 0 Å². The lowest BCUT2D eigenvalue weighted by atomic mass is 10.0. The monoisotopic (exact) mass is 348 g/mol. The minimum absolute atomic E-state index is 0.158. The lowest BCUT2D eigenvalue weighted by molar-refractivity contribution is -0.145. The third-order valence-corrected chi connectivity index (χ3v) is 4.19. The third kappa shape index (κ3) is 4.20. The lowest BCUT2D eigenvalue weighted by Crippen LogP contribution is -2.30. The number of hydrogen-bond donors (Lipinski definition) is 1. The summed E-state index contributed by atoms with van der Waals surface area (Å²) in [5.74, 6) is 0.142. The van der Waals surface area contributed by atoms with Gasteiger partial charge in [0.15, 0.2) is 6.10 Å². The summed E-state index contributed by atoms with van der Waals surface area (Å²) in [6.07, 6.45) is -0.872. The van der Waals surface area contributed by atoms with Crippen LogP contribution in [0, 0.1) is 20.8 Å². The molecule has 0 amide bonds. The molecular weight excluding hydrogens is 328 g/mol. The summed E-state index contributed by atoms with van der Waals surface area (Å²) in [5, 5.41) is 10.1. The standard InChI is InChI=1S/C19H21ClO4/c1-11-7-12(2)13(3)17(8-11)24-18(19(21)22)10-14-9-15(20)5-6-16(14)23-4/h5-9,18H,10H2,1-4H3,(H,21,22)/t18-/m0/s1. The zero-order valence-corrected chi connectivity index (χ0v) is 15.0. The van der Waals surface area contributed by atoms with E-state index in [-0.39, 0.29) is 6.42 Å². The highest BCUT2D eigenvalue weighted by molar-refractivity contribution is 6.30. The van der Waals surface area contributed by atoms with Gasteiger partial charge in [-0.3, -0.25) is 0 Å². The Morgan fingerprint density at radius 1 is 1.17 bits per heavy atom. The van der Waals surface area contributed by atoms with Gasteiger partial charge in [-0.1, -0.05) is 17.7 Å². The van der Waals surface area contributed by atoms with Gasteiger partial charge in [0, 0.05) is 11.4 Å². The number of aryl methyl sites for hydroxylation is 2. The second kappa shape index (κ2) is 7.58. The van der Waals surface area contributed by atoms with Crippen molar-refractivity contribution in [2.75, 3.05) is 7.11 Å². The van der Waals surface area contributed by atoms with Crippen molar-refractivity contribution in [3.63, 3.8) is 0 Å². The van der Waals surface area contributed by atoms with Crippen LogP contribution >= 0.6 is 11.6 Å². The molecule has 0 heterocycles. The van der Waals surface area contributed by atoms with Gasteiger partial charge in [0.05, 0.1) is 7.11 Å². The number of hydrogen-bond acceptors (Lipinski definition) is 3. The molecule has 0 fully saturated rings. The molecule has 2 rings (SSSR count). The molecule has 0 bridgehead atoms. The highest BCUT2D eigenvalue weighted by Crippen LogP contribution is 2.28. The van der Waals surface area contributed by atoms with E-state index < -0.39 is 12.1 Å². The number of ether oxygens (including phenoxy) is 2. The van der Waals surface area contributed by atoms with E-state index in [0.29, 0.717) is 22.1 Å². The van der Waals surface area contributed by atoms with Gasteiger partial charge in [-0.25, -0.2) is 4.79 Å². The van der Waals surface area contributed by atoms with Crippen LogP contribution in [0.1, 0.15) is 22.3 Å². The summed E-state index contributed by atoms with van der Waals surface area (Å²) < 4.78 is 11.1. The minimum atomic E-state index is -1.03. The molecule has 5 heteroatoms. The summed E-state index contributed by atoms with van der Waals surface area (Å²) in [7, 11) is 1.54. The van der Waals surface area contributed by atoms with Crippen LogP contribution in [-0.4, -0.2) is 24.3 Å². The Bertz CT molecular complexity index is 755. The van der Waals surface area contributed by atoms with Gasteiger partial charge in [0.1, 0.15) is 11.5 Å². The molecule has 0 spiro atoms. The summed E-state index contributed by atoms with van der Waals surface area (Å²) in [6, 6.07) is 9.02. The Morgan fingerprint density at radius 2 is 1.88 bits per heavy atom. The van der Waals surface area contributed by atoms with Crippen molar-refractivity contribution in [1.82, 2.24) is 0 Å². The van der Waals surface area contributed by atoms with E-state index in [9.17, 15) is 9.90 Å². The summed E-state index contributed by atoms with van der Waals surface area (Å²) >= 11 is 6.02. The summed E-state index contributed by atoms with van der Waals surface area (Å²) in [4.78, 5) is 11.7. The van der Waals surface area contributed by atoms with Gasteiger partial charge >= 0.3 is 5.97 Å². The predicted molar refractivity (Wildman–Crippen MR) is 94.4 cm³/mol. The maximum atomic E-state index is 11.7. The van der Waals surface area contributed by atoms with Crippen LogP contribution in [0.25, 0.3) is 0 Å². The van der Waals surface area contributed by atoms with E-state index in [2.05, 4.69) is 0 Å².